The molecule has 0 unspecified atom stereocenters. The molecule has 3 nitrogen and oxygen atoms in total. The number of hydrogen-bond acceptors (Lipinski definition) is 3. The van der Waals surface area contributed by atoms with Gasteiger partial charge in [0, 0.05) is 0 Å². The van der Waals surface area contributed by atoms with Gasteiger partial charge in [-0.05, 0) is 51.6 Å². The number of rotatable bonds is 18. The van der Waals surface area contributed by atoms with E-state index in [9.17, 15) is 0 Å². The van der Waals surface area contributed by atoms with Gasteiger partial charge in [0.15, 0.2) is 0 Å². The predicted octanol–water partition coefficient (Wildman–Crippen LogP) is 7.35. The molecule has 0 aliphatic carbocycles. The molecule has 0 fully saturated rings. The van der Waals surface area contributed by atoms with Gasteiger partial charge in [-0.2, -0.15) is 0 Å². The van der Waals surface area contributed by atoms with Crippen molar-refractivity contribution in [2.75, 3.05) is 13.1 Å². The maximum absolute atomic E-state index is 3.48. The first kappa shape index (κ1) is 28.4. The standard InChI is InChI=1S/C21H43N.2H3N/c1-3-5-6-7-8-9-10-11-12-13-14-15-16-17-18-19-21-22-20-4-2;;/h11-12,22H,3-10,13-21H2,1-2H3;2*1H3/b12-11-;;. The van der Waals surface area contributed by atoms with Crippen LogP contribution >= 0.6 is 0 Å². The maximum atomic E-state index is 3.48. The molecule has 0 aromatic rings. The quantitative estimate of drug-likeness (QED) is 0.180. The molecular formula is C21H49N3. The Bertz CT molecular complexity index is 217. The van der Waals surface area contributed by atoms with Crippen LogP contribution < -0.4 is 17.6 Å². The number of allylic oxidation sites excluding steroid dienone is 2. The van der Waals surface area contributed by atoms with E-state index in [1.54, 1.807) is 0 Å². The highest BCUT2D eigenvalue weighted by molar-refractivity contribution is 4.81. The topological polar surface area (TPSA) is 82.0 Å². The molecule has 0 aromatic carbocycles. The van der Waals surface area contributed by atoms with E-state index in [1.807, 2.05) is 0 Å². The number of nitrogens with one attached hydrogen (secondary N) is 1. The lowest BCUT2D eigenvalue weighted by Gasteiger charge is -2.03. The molecule has 24 heavy (non-hydrogen) atoms. The first-order valence-electron chi connectivity index (χ1n) is 10.3. The summed E-state index contributed by atoms with van der Waals surface area (Å²) in [6.07, 6.45) is 25.6. The summed E-state index contributed by atoms with van der Waals surface area (Å²) in [4.78, 5) is 0. The fourth-order valence-electron chi connectivity index (χ4n) is 2.80. The average molecular weight is 344 g/mol. The third-order valence-corrected chi connectivity index (χ3v) is 4.29. The Balaban J connectivity index is -0.00000220. The Hall–Kier alpha value is -0.380. The van der Waals surface area contributed by atoms with Crippen molar-refractivity contribution in [3.63, 3.8) is 0 Å². The summed E-state index contributed by atoms with van der Waals surface area (Å²) < 4.78 is 0. The van der Waals surface area contributed by atoms with Crippen molar-refractivity contribution in [2.45, 2.75) is 110 Å². The second-order valence-electron chi connectivity index (χ2n) is 6.69. The predicted molar refractivity (Wildman–Crippen MR) is 113 cm³/mol. The molecule has 0 aliphatic rings. The summed E-state index contributed by atoms with van der Waals surface area (Å²) >= 11 is 0. The van der Waals surface area contributed by atoms with Crippen LogP contribution in [0.15, 0.2) is 12.2 Å². The molecule has 0 amide bonds. The van der Waals surface area contributed by atoms with Crippen LogP contribution in [0.2, 0.25) is 0 Å². The van der Waals surface area contributed by atoms with Crippen molar-refractivity contribution in [3.05, 3.63) is 12.2 Å². The van der Waals surface area contributed by atoms with Crippen molar-refractivity contribution in [2.24, 2.45) is 0 Å². The van der Waals surface area contributed by atoms with Gasteiger partial charge in [0.1, 0.15) is 0 Å². The third kappa shape index (κ3) is 26.5. The summed E-state index contributed by atoms with van der Waals surface area (Å²) in [5.41, 5.74) is 0. The van der Waals surface area contributed by atoms with Crippen LogP contribution in [0, 0.1) is 0 Å². The Labute approximate surface area is 153 Å². The Morgan fingerprint density at radius 3 is 1.46 bits per heavy atom. The van der Waals surface area contributed by atoms with Gasteiger partial charge in [0.25, 0.3) is 0 Å². The molecule has 0 rings (SSSR count). The van der Waals surface area contributed by atoms with Crippen LogP contribution in [0.4, 0.5) is 0 Å². The molecule has 3 heteroatoms. The molecule has 0 aliphatic heterocycles. The van der Waals surface area contributed by atoms with E-state index in [-0.39, 0.29) is 12.3 Å². The van der Waals surface area contributed by atoms with E-state index in [0.717, 1.165) is 0 Å². The van der Waals surface area contributed by atoms with Crippen LogP contribution in [0.3, 0.4) is 0 Å². The lowest BCUT2D eigenvalue weighted by Crippen LogP contribution is -2.15. The normalized spacial score (nSPS) is 10.6. The summed E-state index contributed by atoms with van der Waals surface area (Å²) in [7, 11) is 0. The van der Waals surface area contributed by atoms with Gasteiger partial charge in [-0.25, -0.2) is 0 Å². The molecular weight excluding hydrogens is 294 g/mol. The minimum absolute atomic E-state index is 0. The van der Waals surface area contributed by atoms with Crippen molar-refractivity contribution < 1.29 is 0 Å². The molecule has 0 atom stereocenters. The smallest absolute Gasteiger partial charge is 0.00489 e. The second-order valence-corrected chi connectivity index (χ2v) is 6.69. The molecule has 0 saturated heterocycles. The highest BCUT2D eigenvalue weighted by atomic mass is 14.8. The molecule has 0 heterocycles. The van der Waals surface area contributed by atoms with Crippen molar-refractivity contribution in [1.29, 1.82) is 0 Å². The molecule has 148 valence electrons. The minimum atomic E-state index is 0. The molecule has 0 aromatic heterocycles. The van der Waals surface area contributed by atoms with Crippen molar-refractivity contribution >= 4 is 0 Å². The number of unbranched alkanes of at least 4 members (excludes halogenated alkanes) is 12. The zero-order valence-corrected chi connectivity index (χ0v) is 17.1. The van der Waals surface area contributed by atoms with Crippen molar-refractivity contribution in [3.8, 4) is 0 Å². The minimum Gasteiger partial charge on any atom is -0.344 e. The Morgan fingerprint density at radius 2 is 0.958 bits per heavy atom. The average Bonchev–Trinajstić information content (AvgIpc) is 2.54. The van der Waals surface area contributed by atoms with Crippen LogP contribution in [0.5, 0.6) is 0 Å². The van der Waals surface area contributed by atoms with E-state index in [0.29, 0.717) is 0 Å². The highest BCUT2D eigenvalue weighted by Gasteiger charge is 1.91. The van der Waals surface area contributed by atoms with E-state index in [2.05, 4.69) is 31.3 Å². The molecule has 0 bridgehead atoms. The van der Waals surface area contributed by atoms with Gasteiger partial charge < -0.3 is 17.6 Å². The fourth-order valence-corrected chi connectivity index (χ4v) is 2.80. The summed E-state index contributed by atoms with van der Waals surface area (Å²) in [5.74, 6) is 0. The third-order valence-electron chi connectivity index (χ3n) is 4.29. The van der Waals surface area contributed by atoms with Gasteiger partial charge in [-0.15, -0.1) is 0 Å². The van der Waals surface area contributed by atoms with Gasteiger partial charge >= 0.3 is 0 Å². The van der Waals surface area contributed by atoms with Crippen LogP contribution in [-0.2, 0) is 0 Å². The van der Waals surface area contributed by atoms with Gasteiger partial charge in [0.2, 0.25) is 0 Å². The maximum Gasteiger partial charge on any atom is -0.00489 e. The SMILES string of the molecule is CCCCCCCC/C=C\CCCCCCCCNCCC.N.N. The second kappa shape index (κ2) is 27.5. The lowest BCUT2D eigenvalue weighted by molar-refractivity contribution is 0.565. The summed E-state index contributed by atoms with van der Waals surface area (Å²) in [6, 6.07) is 0. The summed E-state index contributed by atoms with van der Waals surface area (Å²) in [6.45, 7) is 6.92. The molecule has 7 N–H and O–H groups in total. The van der Waals surface area contributed by atoms with Crippen LogP contribution in [0.1, 0.15) is 110 Å². The lowest BCUT2D eigenvalue weighted by atomic mass is 10.1. The first-order valence-corrected chi connectivity index (χ1v) is 10.3. The van der Waals surface area contributed by atoms with E-state index in [4.69, 9.17) is 0 Å². The Morgan fingerprint density at radius 1 is 0.500 bits per heavy atom. The molecule has 0 spiro atoms. The van der Waals surface area contributed by atoms with Crippen molar-refractivity contribution in [1.82, 2.24) is 17.6 Å². The zero-order valence-electron chi connectivity index (χ0n) is 17.1. The highest BCUT2D eigenvalue weighted by Crippen LogP contribution is 2.09. The summed E-state index contributed by atoms with van der Waals surface area (Å²) in [5, 5.41) is 3.48. The van der Waals surface area contributed by atoms with Crippen LogP contribution in [-0.4, -0.2) is 13.1 Å². The van der Waals surface area contributed by atoms with E-state index < -0.39 is 0 Å². The Kier molecular flexibility index (Phi) is 32.5. The monoisotopic (exact) mass is 343 g/mol. The van der Waals surface area contributed by atoms with Gasteiger partial charge in [0.05, 0.1) is 0 Å². The van der Waals surface area contributed by atoms with E-state index in [1.165, 1.54) is 109 Å². The number of hydrogen-bond donors (Lipinski definition) is 3. The first-order chi connectivity index (χ1) is 10.9. The molecule has 0 saturated carbocycles. The largest absolute Gasteiger partial charge is 0.344 e. The van der Waals surface area contributed by atoms with Crippen LogP contribution in [0.25, 0.3) is 0 Å². The van der Waals surface area contributed by atoms with E-state index >= 15 is 0 Å². The zero-order chi connectivity index (χ0) is 16.1. The fraction of sp³-hybridized carbons (Fsp3) is 0.905. The molecule has 0 radical (unpaired) electrons. The van der Waals surface area contributed by atoms with Gasteiger partial charge in [-0.1, -0.05) is 83.8 Å². The van der Waals surface area contributed by atoms with Gasteiger partial charge in [-0.3, -0.25) is 0 Å².